The zero-order valence-corrected chi connectivity index (χ0v) is 12.0. The van der Waals surface area contributed by atoms with E-state index in [0.29, 0.717) is 12.1 Å². The van der Waals surface area contributed by atoms with Crippen LogP contribution in [0.4, 0.5) is 5.82 Å². The molecule has 0 amide bonds. The molecule has 2 saturated heterocycles. The van der Waals surface area contributed by atoms with Crippen molar-refractivity contribution in [1.29, 1.82) is 0 Å². The zero-order chi connectivity index (χ0) is 13.2. The number of hydrogen-bond acceptors (Lipinski definition) is 4. The van der Waals surface area contributed by atoms with Gasteiger partial charge in [-0.3, -0.25) is 0 Å². The minimum atomic E-state index is 0.626. The van der Waals surface area contributed by atoms with Gasteiger partial charge in [0.25, 0.3) is 0 Å². The van der Waals surface area contributed by atoms with E-state index in [1.807, 2.05) is 6.92 Å². The molecule has 104 valence electrons. The van der Waals surface area contributed by atoms with E-state index in [1.54, 1.807) is 0 Å². The Bertz CT molecular complexity index is 440. The van der Waals surface area contributed by atoms with Crippen LogP contribution in [0.3, 0.4) is 0 Å². The summed E-state index contributed by atoms with van der Waals surface area (Å²) in [6.45, 7) is 6.48. The maximum Gasteiger partial charge on any atom is 0.132 e. The van der Waals surface area contributed by atoms with Crippen molar-refractivity contribution in [2.24, 2.45) is 0 Å². The maximum atomic E-state index is 4.67. The summed E-state index contributed by atoms with van der Waals surface area (Å²) >= 11 is 0. The van der Waals surface area contributed by atoms with Gasteiger partial charge in [-0.15, -0.1) is 0 Å². The second kappa shape index (κ2) is 5.45. The van der Waals surface area contributed by atoms with Gasteiger partial charge in [0.15, 0.2) is 0 Å². The summed E-state index contributed by atoms with van der Waals surface area (Å²) in [6.07, 6.45) is 6.19. The highest BCUT2D eigenvalue weighted by atomic mass is 15.3. The average molecular weight is 260 g/mol. The van der Waals surface area contributed by atoms with Gasteiger partial charge in [-0.1, -0.05) is 6.92 Å². The number of nitrogens with zero attached hydrogens (tertiary/aromatic N) is 3. The predicted octanol–water partition coefficient (Wildman–Crippen LogP) is 2.07. The van der Waals surface area contributed by atoms with Crippen molar-refractivity contribution in [2.45, 2.75) is 58.0 Å². The molecule has 1 aromatic rings. The summed E-state index contributed by atoms with van der Waals surface area (Å²) < 4.78 is 0. The van der Waals surface area contributed by atoms with Crippen LogP contribution < -0.4 is 10.2 Å². The first-order chi connectivity index (χ1) is 9.28. The summed E-state index contributed by atoms with van der Waals surface area (Å²) in [6, 6.07) is 3.46. The van der Waals surface area contributed by atoms with Gasteiger partial charge in [-0.2, -0.15) is 0 Å². The Kier molecular flexibility index (Phi) is 3.69. The average Bonchev–Trinajstić information content (AvgIpc) is 3.08. The van der Waals surface area contributed by atoms with E-state index >= 15 is 0 Å². The van der Waals surface area contributed by atoms with Gasteiger partial charge < -0.3 is 10.2 Å². The normalized spacial score (nSPS) is 27.2. The van der Waals surface area contributed by atoms with Gasteiger partial charge in [0.05, 0.1) is 0 Å². The van der Waals surface area contributed by atoms with Crippen molar-refractivity contribution in [3.8, 4) is 0 Å². The molecule has 0 radical (unpaired) electrons. The number of rotatable bonds is 3. The van der Waals surface area contributed by atoms with Crippen molar-refractivity contribution in [3.05, 3.63) is 17.6 Å². The highest BCUT2D eigenvalue weighted by molar-refractivity contribution is 5.43. The van der Waals surface area contributed by atoms with Crippen LogP contribution in [-0.4, -0.2) is 35.1 Å². The molecule has 1 N–H and O–H groups in total. The van der Waals surface area contributed by atoms with Gasteiger partial charge >= 0.3 is 0 Å². The van der Waals surface area contributed by atoms with Crippen molar-refractivity contribution in [1.82, 2.24) is 15.3 Å². The smallest absolute Gasteiger partial charge is 0.132 e. The number of nitrogens with one attached hydrogen (secondary N) is 1. The molecule has 0 aromatic carbocycles. The quantitative estimate of drug-likeness (QED) is 0.903. The van der Waals surface area contributed by atoms with Crippen LogP contribution in [0.1, 0.15) is 44.1 Å². The first-order valence-electron chi connectivity index (χ1n) is 7.62. The Morgan fingerprint density at radius 1 is 1.32 bits per heavy atom. The number of hydrogen-bond donors (Lipinski definition) is 1. The first kappa shape index (κ1) is 12.9. The molecule has 2 atom stereocenters. The fraction of sp³-hybridized carbons (Fsp3) is 0.733. The molecular weight excluding hydrogens is 236 g/mol. The number of aryl methyl sites for hydroxylation is 2. The minimum absolute atomic E-state index is 0.626. The predicted molar refractivity (Wildman–Crippen MR) is 77.5 cm³/mol. The highest BCUT2D eigenvalue weighted by Crippen LogP contribution is 2.29. The Morgan fingerprint density at radius 2 is 2.21 bits per heavy atom. The lowest BCUT2D eigenvalue weighted by molar-refractivity contribution is 0.480. The lowest BCUT2D eigenvalue weighted by atomic mass is 10.0. The monoisotopic (exact) mass is 260 g/mol. The van der Waals surface area contributed by atoms with E-state index < -0.39 is 0 Å². The SMILES string of the molecule is CCc1cc(N2CCCC2C2CCCN2)nc(C)n1. The van der Waals surface area contributed by atoms with Crippen molar-refractivity contribution >= 4 is 5.82 Å². The zero-order valence-electron chi connectivity index (χ0n) is 12.0. The topological polar surface area (TPSA) is 41.0 Å². The molecule has 2 aliphatic rings. The Morgan fingerprint density at radius 3 is 2.95 bits per heavy atom. The van der Waals surface area contributed by atoms with Crippen LogP contribution in [0, 0.1) is 6.92 Å². The van der Waals surface area contributed by atoms with E-state index in [9.17, 15) is 0 Å². The molecule has 0 spiro atoms. The molecule has 1 aromatic heterocycles. The standard InChI is InChI=1S/C15H24N4/c1-3-12-10-15(18-11(2)17-12)19-9-5-7-14(19)13-6-4-8-16-13/h10,13-14,16H,3-9H2,1-2H3. The lowest BCUT2D eigenvalue weighted by Crippen LogP contribution is -2.44. The second-order valence-electron chi connectivity index (χ2n) is 5.72. The molecular formula is C15H24N4. The minimum Gasteiger partial charge on any atom is -0.352 e. The van der Waals surface area contributed by atoms with Gasteiger partial charge in [-0.05, 0) is 45.6 Å². The van der Waals surface area contributed by atoms with Crippen LogP contribution in [-0.2, 0) is 6.42 Å². The summed E-state index contributed by atoms with van der Waals surface area (Å²) in [7, 11) is 0. The summed E-state index contributed by atoms with van der Waals surface area (Å²) in [5, 5.41) is 3.66. The third kappa shape index (κ3) is 2.59. The molecule has 2 unspecified atom stereocenters. The number of anilines is 1. The molecule has 3 rings (SSSR count). The Labute approximate surface area is 115 Å². The van der Waals surface area contributed by atoms with E-state index in [2.05, 4.69) is 33.2 Å². The van der Waals surface area contributed by atoms with E-state index in [0.717, 1.165) is 30.3 Å². The molecule has 0 aliphatic carbocycles. The van der Waals surface area contributed by atoms with E-state index in [1.165, 1.54) is 32.2 Å². The fourth-order valence-corrected chi connectivity index (χ4v) is 3.48. The van der Waals surface area contributed by atoms with Crippen LogP contribution >= 0.6 is 0 Å². The van der Waals surface area contributed by atoms with Crippen molar-refractivity contribution in [2.75, 3.05) is 18.0 Å². The fourth-order valence-electron chi connectivity index (χ4n) is 3.48. The lowest BCUT2D eigenvalue weighted by Gasteiger charge is -2.30. The van der Waals surface area contributed by atoms with E-state index in [-0.39, 0.29) is 0 Å². The second-order valence-corrected chi connectivity index (χ2v) is 5.72. The summed E-state index contributed by atoms with van der Waals surface area (Å²) in [5.74, 6) is 2.04. The molecule has 0 bridgehead atoms. The summed E-state index contributed by atoms with van der Waals surface area (Å²) in [4.78, 5) is 11.7. The van der Waals surface area contributed by atoms with Gasteiger partial charge in [-0.25, -0.2) is 9.97 Å². The third-order valence-electron chi connectivity index (χ3n) is 4.40. The molecule has 4 nitrogen and oxygen atoms in total. The Hall–Kier alpha value is -1.16. The van der Waals surface area contributed by atoms with Gasteiger partial charge in [0, 0.05) is 30.4 Å². The third-order valence-corrected chi connectivity index (χ3v) is 4.40. The van der Waals surface area contributed by atoms with Crippen LogP contribution in [0.25, 0.3) is 0 Å². The molecule has 3 heterocycles. The van der Waals surface area contributed by atoms with E-state index in [4.69, 9.17) is 0 Å². The molecule has 2 fully saturated rings. The molecule has 2 aliphatic heterocycles. The largest absolute Gasteiger partial charge is 0.352 e. The molecule has 0 saturated carbocycles. The van der Waals surface area contributed by atoms with Crippen LogP contribution in [0.2, 0.25) is 0 Å². The van der Waals surface area contributed by atoms with Crippen molar-refractivity contribution < 1.29 is 0 Å². The highest BCUT2D eigenvalue weighted by Gasteiger charge is 2.34. The van der Waals surface area contributed by atoms with Crippen LogP contribution in [0.15, 0.2) is 6.07 Å². The maximum absolute atomic E-state index is 4.67. The Balaban J connectivity index is 1.85. The van der Waals surface area contributed by atoms with Gasteiger partial charge in [0.2, 0.25) is 0 Å². The first-order valence-corrected chi connectivity index (χ1v) is 7.62. The summed E-state index contributed by atoms with van der Waals surface area (Å²) in [5.41, 5.74) is 1.16. The molecule has 4 heteroatoms. The van der Waals surface area contributed by atoms with Crippen LogP contribution in [0.5, 0.6) is 0 Å². The van der Waals surface area contributed by atoms with Crippen molar-refractivity contribution in [3.63, 3.8) is 0 Å². The molecule has 19 heavy (non-hydrogen) atoms. The number of aromatic nitrogens is 2. The van der Waals surface area contributed by atoms with Gasteiger partial charge in [0.1, 0.15) is 11.6 Å².